The van der Waals surface area contributed by atoms with E-state index in [1.165, 1.54) is 42.7 Å². The molecule has 0 saturated carbocycles. The van der Waals surface area contributed by atoms with Gasteiger partial charge in [0.1, 0.15) is 5.82 Å². The van der Waals surface area contributed by atoms with Crippen molar-refractivity contribution in [3.63, 3.8) is 0 Å². The molecule has 3 aromatic rings. The first-order valence-electron chi connectivity index (χ1n) is 12.7. The molecule has 9 nitrogen and oxygen atoms in total. The molecular formula is C28H30FN3O6S2. The highest BCUT2D eigenvalue weighted by Gasteiger charge is 2.53. The van der Waals surface area contributed by atoms with Gasteiger partial charge in [-0.15, -0.1) is 0 Å². The molecule has 1 spiro atoms. The van der Waals surface area contributed by atoms with Crippen LogP contribution in [0.3, 0.4) is 0 Å². The number of sulfonamides is 2. The standard InChI is InChI=1S/C28H30FN3O6S2/c1-19-28(13-15-38-16-14-28)25-17-20(27(33)30-22-5-4-6-24(18-22)39(34,35)31(2)3)7-12-26(25)32(19)40(36,37)23-10-8-21(29)9-11-23/h4-12,17-19H,13-16H2,1-3H3,(H,30,33). The molecule has 0 aromatic heterocycles. The van der Waals surface area contributed by atoms with Crippen LogP contribution < -0.4 is 9.62 Å². The minimum absolute atomic E-state index is 0.0230. The number of hydrogen-bond donors (Lipinski definition) is 1. The van der Waals surface area contributed by atoms with Gasteiger partial charge in [-0.25, -0.2) is 25.5 Å². The topological polar surface area (TPSA) is 113 Å². The number of anilines is 2. The Balaban J connectivity index is 1.53. The second-order valence-corrected chi connectivity index (χ2v) is 14.2. The molecule has 2 aliphatic heterocycles. The van der Waals surface area contributed by atoms with Crippen molar-refractivity contribution >= 4 is 37.3 Å². The number of rotatable bonds is 6. The highest BCUT2D eigenvalue weighted by molar-refractivity contribution is 7.93. The van der Waals surface area contributed by atoms with Gasteiger partial charge >= 0.3 is 0 Å². The van der Waals surface area contributed by atoms with Gasteiger partial charge in [0.2, 0.25) is 10.0 Å². The predicted molar refractivity (Wildman–Crippen MR) is 149 cm³/mol. The first-order valence-corrected chi connectivity index (χ1v) is 15.6. The lowest BCUT2D eigenvalue weighted by atomic mass is 9.71. The first kappa shape index (κ1) is 28.2. The summed E-state index contributed by atoms with van der Waals surface area (Å²) in [6.45, 7) is 2.73. The van der Waals surface area contributed by atoms with Crippen molar-refractivity contribution in [3.05, 3.63) is 83.7 Å². The maximum absolute atomic E-state index is 13.8. The molecule has 0 bridgehead atoms. The highest BCUT2D eigenvalue weighted by atomic mass is 32.2. The van der Waals surface area contributed by atoms with Gasteiger partial charge in [0, 0.05) is 44.0 Å². The summed E-state index contributed by atoms with van der Waals surface area (Å²) < 4.78 is 74.3. The third kappa shape index (κ3) is 4.68. The van der Waals surface area contributed by atoms with E-state index in [9.17, 15) is 26.0 Å². The fourth-order valence-corrected chi connectivity index (χ4v) is 8.25. The van der Waals surface area contributed by atoms with E-state index < -0.39 is 43.2 Å². The molecule has 12 heteroatoms. The van der Waals surface area contributed by atoms with E-state index in [4.69, 9.17) is 4.74 Å². The highest BCUT2D eigenvalue weighted by Crippen LogP contribution is 2.53. The summed E-state index contributed by atoms with van der Waals surface area (Å²) in [6.07, 6.45) is 1.12. The summed E-state index contributed by atoms with van der Waals surface area (Å²) in [4.78, 5) is 13.3. The molecule has 3 aromatic carbocycles. The van der Waals surface area contributed by atoms with Crippen LogP contribution in [0.25, 0.3) is 0 Å². The average molecular weight is 588 g/mol. The summed E-state index contributed by atoms with van der Waals surface area (Å²) in [5.74, 6) is -0.993. The van der Waals surface area contributed by atoms with Crippen LogP contribution >= 0.6 is 0 Å². The van der Waals surface area contributed by atoms with Gasteiger partial charge < -0.3 is 10.1 Å². The molecule has 1 N–H and O–H groups in total. The van der Waals surface area contributed by atoms with E-state index in [1.807, 2.05) is 6.92 Å². The van der Waals surface area contributed by atoms with Crippen LogP contribution in [0.2, 0.25) is 0 Å². The number of amides is 1. The SMILES string of the molecule is CC1N(S(=O)(=O)c2ccc(F)cc2)c2ccc(C(=O)Nc3cccc(S(=O)(=O)N(C)C)c3)cc2C12CCOCC2. The van der Waals surface area contributed by atoms with Crippen molar-refractivity contribution in [3.8, 4) is 0 Å². The monoisotopic (exact) mass is 587 g/mol. The molecule has 1 amide bonds. The number of ether oxygens (including phenoxy) is 1. The van der Waals surface area contributed by atoms with Gasteiger partial charge in [0.15, 0.2) is 0 Å². The maximum Gasteiger partial charge on any atom is 0.264 e. The van der Waals surface area contributed by atoms with E-state index in [1.54, 1.807) is 30.3 Å². The summed E-state index contributed by atoms with van der Waals surface area (Å²) in [5.41, 5.74) is 1.22. The molecule has 0 aliphatic carbocycles. The number of nitrogens with one attached hydrogen (secondary N) is 1. The van der Waals surface area contributed by atoms with E-state index >= 15 is 0 Å². The minimum atomic E-state index is -4.04. The maximum atomic E-state index is 13.8. The fraction of sp³-hybridized carbons (Fsp3) is 0.321. The number of hydrogen-bond acceptors (Lipinski definition) is 6. The van der Waals surface area contributed by atoms with E-state index in [0.717, 1.165) is 22.0 Å². The van der Waals surface area contributed by atoms with E-state index in [2.05, 4.69) is 5.32 Å². The first-order chi connectivity index (χ1) is 18.9. The van der Waals surface area contributed by atoms with Gasteiger partial charge in [-0.2, -0.15) is 0 Å². The second kappa shape index (κ2) is 10.3. The van der Waals surface area contributed by atoms with Gasteiger partial charge in [-0.1, -0.05) is 6.07 Å². The van der Waals surface area contributed by atoms with Crippen molar-refractivity contribution in [2.24, 2.45) is 0 Å². The van der Waals surface area contributed by atoms with Crippen molar-refractivity contribution in [2.75, 3.05) is 36.9 Å². The predicted octanol–water partition coefficient (Wildman–Crippen LogP) is 3.97. The van der Waals surface area contributed by atoms with E-state index in [0.29, 0.717) is 43.0 Å². The van der Waals surface area contributed by atoms with Crippen LogP contribution in [-0.2, 0) is 30.2 Å². The summed E-state index contributed by atoms with van der Waals surface area (Å²) in [6, 6.07) is 15.1. The number of benzene rings is 3. The Hall–Kier alpha value is -3.32. The quantitative estimate of drug-likeness (QED) is 0.467. The van der Waals surface area contributed by atoms with Gasteiger partial charge in [0.25, 0.3) is 15.9 Å². The molecule has 212 valence electrons. The van der Waals surface area contributed by atoms with Gasteiger partial charge in [-0.05, 0) is 86.0 Å². The van der Waals surface area contributed by atoms with Crippen LogP contribution in [0.15, 0.2) is 76.5 Å². The fourth-order valence-electron chi connectivity index (χ4n) is 5.56. The molecule has 1 unspecified atom stereocenters. The lowest BCUT2D eigenvalue weighted by Gasteiger charge is -2.39. The Morgan fingerprint density at radius 2 is 1.65 bits per heavy atom. The van der Waals surface area contributed by atoms with Gasteiger partial charge in [0.05, 0.1) is 21.5 Å². The zero-order valence-corrected chi connectivity index (χ0v) is 23.9. The van der Waals surface area contributed by atoms with Crippen molar-refractivity contribution in [1.29, 1.82) is 0 Å². The van der Waals surface area contributed by atoms with Gasteiger partial charge in [-0.3, -0.25) is 9.10 Å². The third-order valence-corrected chi connectivity index (χ3v) is 11.5. The zero-order chi connectivity index (χ0) is 28.9. The van der Waals surface area contributed by atoms with Crippen LogP contribution in [0.4, 0.5) is 15.8 Å². The molecule has 1 fully saturated rings. The number of halogens is 1. The van der Waals surface area contributed by atoms with E-state index in [-0.39, 0.29) is 9.79 Å². The summed E-state index contributed by atoms with van der Waals surface area (Å²) in [7, 11) is -4.87. The lowest BCUT2D eigenvalue weighted by Crippen LogP contribution is -2.48. The Kier molecular flexibility index (Phi) is 7.24. The smallest absolute Gasteiger partial charge is 0.264 e. The van der Waals surface area contributed by atoms with Crippen LogP contribution in [0.5, 0.6) is 0 Å². The lowest BCUT2D eigenvalue weighted by molar-refractivity contribution is 0.0465. The Bertz CT molecular complexity index is 1670. The molecular weight excluding hydrogens is 557 g/mol. The normalized spacial score (nSPS) is 18.6. The Labute approximate surface area is 233 Å². The minimum Gasteiger partial charge on any atom is -0.381 e. The molecule has 1 atom stereocenters. The average Bonchev–Trinajstić information content (AvgIpc) is 3.16. The molecule has 2 aliphatic rings. The molecule has 40 heavy (non-hydrogen) atoms. The number of carbonyl (C=O) groups is 1. The van der Waals surface area contributed by atoms with Crippen LogP contribution in [0.1, 0.15) is 35.7 Å². The largest absolute Gasteiger partial charge is 0.381 e. The molecule has 1 saturated heterocycles. The van der Waals surface area contributed by atoms with Crippen LogP contribution in [-0.4, -0.2) is 60.4 Å². The molecule has 2 heterocycles. The summed E-state index contributed by atoms with van der Waals surface area (Å²) in [5, 5.41) is 2.76. The summed E-state index contributed by atoms with van der Waals surface area (Å²) >= 11 is 0. The molecule has 5 rings (SSSR count). The Morgan fingerprint density at radius 3 is 2.30 bits per heavy atom. The number of nitrogens with zero attached hydrogens (tertiary/aromatic N) is 2. The van der Waals surface area contributed by atoms with Crippen molar-refractivity contribution < 1.29 is 30.8 Å². The number of fused-ring (bicyclic) bond motifs is 2. The Morgan fingerprint density at radius 1 is 0.975 bits per heavy atom. The zero-order valence-electron chi connectivity index (χ0n) is 22.3. The second-order valence-electron chi connectivity index (χ2n) is 10.2. The van der Waals surface area contributed by atoms with Crippen molar-refractivity contribution in [1.82, 2.24) is 4.31 Å². The van der Waals surface area contributed by atoms with Crippen molar-refractivity contribution in [2.45, 2.75) is 41.0 Å². The number of carbonyl (C=O) groups excluding carboxylic acids is 1. The third-order valence-electron chi connectivity index (χ3n) is 7.81. The molecule has 0 radical (unpaired) electrons. The van der Waals surface area contributed by atoms with Crippen LogP contribution in [0, 0.1) is 5.82 Å².